The second-order valence-corrected chi connectivity index (χ2v) is 3.53. The molecule has 2 nitrogen and oxygen atoms in total. The zero-order chi connectivity index (χ0) is 10.8. The van der Waals surface area contributed by atoms with Crippen LogP contribution in [-0.2, 0) is 0 Å². The molecule has 0 aliphatic rings. The van der Waals surface area contributed by atoms with Gasteiger partial charge in [0.05, 0.1) is 7.11 Å². The molecule has 0 atom stereocenters. The minimum absolute atomic E-state index is 0.683. The number of aryl methyl sites for hydroxylation is 1. The predicted octanol–water partition coefficient (Wildman–Crippen LogP) is 2.97. The van der Waals surface area contributed by atoms with Crippen molar-refractivity contribution < 1.29 is 9.53 Å². The molecule has 0 saturated carbocycles. The second kappa shape index (κ2) is 3.73. The van der Waals surface area contributed by atoms with Gasteiger partial charge >= 0.3 is 0 Å². The molecule has 0 fully saturated rings. The maximum Gasteiger partial charge on any atom is 0.150 e. The zero-order valence-electron chi connectivity index (χ0n) is 8.78. The summed E-state index contributed by atoms with van der Waals surface area (Å²) >= 11 is 0. The van der Waals surface area contributed by atoms with Crippen molar-refractivity contribution in [2.45, 2.75) is 6.92 Å². The van der Waals surface area contributed by atoms with Gasteiger partial charge in [0.2, 0.25) is 0 Å². The molecular formula is C13H12O2. The van der Waals surface area contributed by atoms with Crippen molar-refractivity contribution in [3.05, 3.63) is 41.5 Å². The summed E-state index contributed by atoms with van der Waals surface area (Å²) in [5.41, 5.74) is 1.76. The Kier molecular flexibility index (Phi) is 2.42. The molecule has 76 valence electrons. The molecule has 0 aliphatic carbocycles. The fourth-order valence-corrected chi connectivity index (χ4v) is 1.84. The van der Waals surface area contributed by atoms with E-state index in [0.29, 0.717) is 5.56 Å². The third-order valence-electron chi connectivity index (χ3n) is 2.46. The highest BCUT2D eigenvalue weighted by Gasteiger charge is 2.06. The van der Waals surface area contributed by atoms with Gasteiger partial charge in [-0.05, 0) is 30.0 Å². The van der Waals surface area contributed by atoms with E-state index in [4.69, 9.17) is 4.74 Å². The quantitative estimate of drug-likeness (QED) is 0.696. The van der Waals surface area contributed by atoms with Crippen molar-refractivity contribution in [2.75, 3.05) is 7.11 Å². The van der Waals surface area contributed by atoms with Crippen LogP contribution < -0.4 is 4.74 Å². The highest BCUT2D eigenvalue weighted by molar-refractivity contribution is 6.02. The molecule has 0 N–H and O–H groups in total. The van der Waals surface area contributed by atoms with Crippen LogP contribution in [0.1, 0.15) is 15.9 Å². The number of carbonyl (C=O) groups is 1. The Morgan fingerprint density at radius 3 is 2.73 bits per heavy atom. The summed E-state index contributed by atoms with van der Waals surface area (Å²) in [5, 5.41) is 1.93. The molecule has 0 heterocycles. The van der Waals surface area contributed by atoms with Crippen molar-refractivity contribution in [2.24, 2.45) is 0 Å². The normalized spacial score (nSPS) is 10.3. The Morgan fingerprint density at radius 2 is 2.07 bits per heavy atom. The maximum absolute atomic E-state index is 11.0. The highest BCUT2D eigenvalue weighted by Crippen LogP contribution is 2.28. The molecule has 2 heteroatoms. The van der Waals surface area contributed by atoms with E-state index in [2.05, 4.69) is 0 Å². The van der Waals surface area contributed by atoms with Gasteiger partial charge in [-0.2, -0.15) is 0 Å². The number of fused-ring (bicyclic) bond motifs is 1. The summed E-state index contributed by atoms with van der Waals surface area (Å²) in [7, 11) is 1.61. The molecule has 0 unspecified atom stereocenters. The fourth-order valence-electron chi connectivity index (χ4n) is 1.84. The van der Waals surface area contributed by atoms with Gasteiger partial charge in [0.25, 0.3) is 0 Å². The van der Waals surface area contributed by atoms with E-state index in [-0.39, 0.29) is 0 Å². The Morgan fingerprint density at radius 1 is 1.27 bits per heavy atom. The molecule has 0 aromatic heterocycles. The molecule has 15 heavy (non-hydrogen) atoms. The lowest BCUT2D eigenvalue weighted by Gasteiger charge is -2.08. The number of hydrogen-bond acceptors (Lipinski definition) is 2. The first-order valence-electron chi connectivity index (χ1n) is 4.79. The lowest BCUT2D eigenvalue weighted by molar-refractivity contribution is 0.112. The lowest BCUT2D eigenvalue weighted by Crippen LogP contribution is -1.90. The summed E-state index contributed by atoms with van der Waals surface area (Å²) in [4.78, 5) is 11.0. The van der Waals surface area contributed by atoms with Gasteiger partial charge in [-0.1, -0.05) is 18.2 Å². The summed E-state index contributed by atoms with van der Waals surface area (Å²) in [6.45, 7) is 1.98. The summed E-state index contributed by atoms with van der Waals surface area (Å²) in [6.07, 6.45) is 0.873. The number of benzene rings is 2. The van der Waals surface area contributed by atoms with Crippen LogP contribution in [0.15, 0.2) is 30.3 Å². The van der Waals surface area contributed by atoms with Crippen molar-refractivity contribution in [1.82, 2.24) is 0 Å². The Hall–Kier alpha value is -1.83. The van der Waals surface area contributed by atoms with Crippen LogP contribution in [0.3, 0.4) is 0 Å². The SMILES string of the molecule is COc1cccc2cc(C)cc(C=O)c12. The Labute approximate surface area is 88.5 Å². The van der Waals surface area contributed by atoms with Crippen molar-refractivity contribution >= 4 is 17.1 Å². The number of hydrogen-bond donors (Lipinski definition) is 0. The Balaban J connectivity index is 2.90. The van der Waals surface area contributed by atoms with Crippen LogP contribution in [0, 0.1) is 6.92 Å². The number of aldehydes is 1. The highest BCUT2D eigenvalue weighted by atomic mass is 16.5. The number of methoxy groups -OCH3 is 1. The van der Waals surface area contributed by atoms with Gasteiger partial charge in [0.15, 0.2) is 6.29 Å². The average Bonchev–Trinajstić information content (AvgIpc) is 2.26. The first kappa shape index (κ1) is 9.71. The summed E-state index contributed by atoms with van der Waals surface area (Å²) < 4.78 is 5.25. The van der Waals surface area contributed by atoms with E-state index < -0.39 is 0 Å². The van der Waals surface area contributed by atoms with Crippen LogP contribution in [-0.4, -0.2) is 13.4 Å². The van der Waals surface area contributed by atoms with Crippen molar-refractivity contribution in [3.8, 4) is 5.75 Å². The number of ether oxygens (including phenoxy) is 1. The van der Waals surface area contributed by atoms with Gasteiger partial charge in [-0.3, -0.25) is 4.79 Å². The first-order chi connectivity index (χ1) is 7.26. The van der Waals surface area contributed by atoms with Gasteiger partial charge in [-0.15, -0.1) is 0 Å². The van der Waals surface area contributed by atoms with Crippen LogP contribution in [0.2, 0.25) is 0 Å². The zero-order valence-corrected chi connectivity index (χ0v) is 8.78. The third kappa shape index (κ3) is 1.59. The molecule has 0 spiro atoms. The number of rotatable bonds is 2. The molecule has 0 radical (unpaired) electrons. The molecule has 2 aromatic carbocycles. The fraction of sp³-hybridized carbons (Fsp3) is 0.154. The van der Waals surface area contributed by atoms with Gasteiger partial charge < -0.3 is 4.74 Å². The van der Waals surface area contributed by atoms with Crippen molar-refractivity contribution in [1.29, 1.82) is 0 Å². The lowest BCUT2D eigenvalue weighted by atomic mass is 10.0. The van der Waals surface area contributed by atoms with Gasteiger partial charge in [0.1, 0.15) is 5.75 Å². The standard InChI is InChI=1S/C13H12O2/c1-9-6-10-4-3-5-12(15-2)13(10)11(7-9)8-14/h3-8H,1-2H3. The van der Waals surface area contributed by atoms with Gasteiger partial charge in [0, 0.05) is 10.9 Å². The van der Waals surface area contributed by atoms with Crippen LogP contribution in [0.25, 0.3) is 10.8 Å². The predicted molar refractivity (Wildman–Crippen MR) is 60.6 cm³/mol. The van der Waals surface area contributed by atoms with Crippen molar-refractivity contribution in [3.63, 3.8) is 0 Å². The minimum atomic E-state index is 0.683. The minimum Gasteiger partial charge on any atom is -0.496 e. The topological polar surface area (TPSA) is 26.3 Å². The van der Waals surface area contributed by atoms with E-state index in [1.54, 1.807) is 7.11 Å². The van der Waals surface area contributed by atoms with E-state index in [0.717, 1.165) is 28.4 Å². The molecule has 0 saturated heterocycles. The monoisotopic (exact) mass is 200 g/mol. The van der Waals surface area contributed by atoms with Gasteiger partial charge in [-0.25, -0.2) is 0 Å². The van der Waals surface area contributed by atoms with E-state index in [1.807, 2.05) is 37.3 Å². The summed E-state index contributed by atoms with van der Waals surface area (Å²) in [5.74, 6) is 0.745. The Bertz CT molecular complexity index is 515. The number of carbonyl (C=O) groups excluding carboxylic acids is 1. The van der Waals surface area contributed by atoms with E-state index in [9.17, 15) is 4.79 Å². The average molecular weight is 200 g/mol. The molecule has 0 bridgehead atoms. The van der Waals surface area contributed by atoms with Crippen LogP contribution >= 0.6 is 0 Å². The molecule has 2 aromatic rings. The smallest absolute Gasteiger partial charge is 0.150 e. The van der Waals surface area contributed by atoms with Crippen LogP contribution in [0.5, 0.6) is 5.75 Å². The largest absolute Gasteiger partial charge is 0.496 e. The van der Waals surface area contributed by atoms with E-state index >= 15 is 0 Å². The maximum atomic E-state index is 11.0. The third-order valence-corrected chi connectivity index (χ3v) is 2.46. The summed E-state index contributed by atoms with van der Waals surface area (Å²) in [6, 6.07) is 9.69. The second-order valence-electron chi connectivity index (χ2n) is 3.53. The van der Waals surface area contributed by atoms with Crippen LogP contribution in [0.4, 0.5) is 0 Å². The molecule has 0 aliphatic heterocycles. The first-order valence-corrected chi connectivity index (χ1v) is 4.79. The van der Waals surface area contributed by atoms with E-state index in [1.165, 1.54) is 0 Å². The molecule has 2 rings (SSSR count). The molecular weight excluding hydrogens is 188 g/mol. The molecule has 0 amide bonds.